The molecule has 2 nitrogen and oxygen atoms in total. The molecule has 0 rings (SSSR count). The summed E-state index contributed by atoms with van der Waals surface area (Å²) in [4.78, 5) is 13.4. The minimum Gasteiger partial charge on any atom is -0.298 e. The molecular weight excluding hydrogens is 183 g/mol. The van der Waals surface area contributed by atoms with Crippen LogP contribution in [0.5, 0.6) is 0 Å². The Bertz CT molecular complexity index is 263. The molecule has 0 aliphatic rings. The van der Waals surface area contributed by atoms with Crippen molar-refractivity contribution in [1.82, 2.24) is 0 Å². The van der Waals surface area contributed by atoms with Gasteiger partial charge in [0, 0.05) is 11.8 Å². The highest BCUT2D eigenvalue weighted by atomic mass is 19.4. The molecule has 0 aromatic heterocycles. The van der Waals surface area contributed by atoms with Gasteiger partial charge in [0.2, 0.25) is 0 Å². The number of hydrogen-bond donors (Lipinski definition) is 0. The van der Waals surface area contributed by atoms with Gasteiger partial charge in [0.1, 0.15) is 0 Å². The topological polar surface area (TPSA) is 29.4 Å². The van der Waals surface area contributed by atoms with Crippen LogP contribution in [0.3, 0.4) is 0 Å². The molecule has 0 radical (unpaired) electrons. The summed E-state index contributed by atoms with van der Waals surface area (Å²) in [7, 11) is 0. The van der Waals surface area contributed by atoms with Gasteiger partial charge in [0.25, 0.3) is 0 Å². The number of allylic oxidation sites excluding steroid dienone is 3. The van der Waals surface area contributed by atoms with Crippen LogP contribution in [0, 0.1) is 0 Å². The summed E-state index contributed by atoms with van der Waals surface area (Å²) in [5.41, 5.74) is -1.53. The molecule has 0 aromatic carbocycles. The average molecular weight is 191 g/mol. The van der Waals surface area contributed by atoms with Gasteiger partial charge in [-0.15, -0.1) is 0 Å². The molecule has 0 bridgehead atoms. The van der Waals surface area contributed by atoms with E-state index in [-0.39, 0.29) is 6.29 Å². The van der Waals surface area contributed by atoms with Crippen LogP contribution in [-0.2, 0) is 4.79 Å². The summed E-state index contributed by atoms with van der Waals surface area (Å²) in [5, 5.41) is 0. The quantitative estimate of drug-likeness (QED) is 0.291. The molecule has 0 aliphatic heterocycles. The van der Waals surface area contributed by atoms with E-state index in [4.69, 9.17) is 0 Å². The molecule has 5 heteroatoms. The summed E-state index contributed by atoms with van der Waals surface area (Å²) in [6, 6.07) is 0. The van der Waals surface area contributed by atoms with Gasteiger partial charge in [-0.05, 0) is 13.6 Å². The van der Waals surface area contributed by atoms with Crippen molar-refractivity contribution in [3.05, 3.63) is 23.4 Å². The van der Waals surface area contributed by atoms with Gasteiger partial charge in [-0.1, -0.05) is 6.08 Å². The van der Waals surface area contributed by atoms with Crippen LogP contribution in [0.1, 0.15) is 6.92 Å². The predicted octanol–water partition coefficient (Wildman–Crippen LogP) is 2.28. The number of alkyl halides is 3. The normalized spacial score (nSPS) is 14.2. The third-order valence-corrected chi connectivity index (χ3v) is 1.26. The summed E-state index contributed by atoms with van der Waals surface area (Å²) in [5.74, 6) is 0. The monoisotopic (exact) mass is 191 g/mol. The van der Waals surface area contributed by atoms with Gasteiger partial charge in [-0.25, -0.2) is 0 Å². The number of aliphatic imine (C=N–C) groups is 1. The van der Waals surface area contributed by atoms with E-state index < -0.39 is 17.3 Å². The number of nitrogens with zero attached hydrogens (tertiary/aromatic N) is 1. The van der Waals surface area contributed by atoms with Gasteiger partial charge in [-0.3, -0.25) is 9.79 Å². The molecule has 0 saturated carbocycles. The SMILES string of the molecule is C=N/C=C(C=O)\C(=C/C)C(F)(F)F. The zero-order chi connectivity index (χ0) is 10.5. The first-order valence-corrected chi connectivity index (χ1v) is 3.32. The van der Waals surface area contributed by atoms with E-state index in [0.29, 0.717) is 0 Å². The summed E-state index contributed by atoms with van der Waals surface area (Å²) in [6.07, 6.45) is -2.86. The Labute approximate surface area is 73.5 Å². The van der Waals surface area contributed by atoms with Crippen molar-refractivity contribution in [3.63, 3.8) is 0 Å². The Morgan fingerprint density at radius 1 is 1.46 bits per heavy atom. The van der Waals surface area contributed by atoms with E-state index >= 15 is 0 Å². The lowest BCUT2D eigenvalue weighted by atomic mass is 10.1. The van der Waals surface area contributed by atoms with E-state index in [1.807, 2.05) is 0 Å². The molecule has 13 heavy (non-hydrogen) atoms. The van der Waals surface area contributed by atoms with E-state index in [1.54, 1.807) is 0 Å². The zero-order valence-electron chi connectivity index (χ0n) is 6.93. The summed E-state index contributed by atoms with van der Waals surface area (Å²) < 4.78 is 36.5. The Hall–Kier alpha value is -1.39. The van der Waals surface area contributed by atoms with E-state index in [0.717, 1.165) is 12.3 Å². The van der Waals surface area contributed by atoms with Crippen LogP contribution in [0.15, 0.2) is 28.4 Å². The average Bonchev–Trinajstić information content (AvgIpc) is 2.01. The van der Waals surface area contributed by atoms with Crippen molar-refractivity contribution >= 4 is 13.0 Å². The van der Waals surface area contributed by atoms with Crippen molar-refractivity contribution in [2.45, 2.75) is 13.1 Å². The fraction of sp³-hybridized carbons (Fsp3) is 0.250. The van der Waals surface area contributed by atoms with E-state index in [2.05, 4.69) is 11.7 Å². The standard InChI is InChI=1S/C8H8F3NO/c1-3-7(8(9,10)11)6(5-13)4-12-2/h3-5H,2H2,1H3/b6-4-,7-3+. The highest BCUT2D eigenvalue weighted by Gasteiger charge is 2.35. The third kappa shape index (κ3) is 3.23. The van der Waals surface area contributed by atoms with Crippen molar-refractivity contribution in [3.8, 4) is 0 Å². The van der Waals surface area contributed by atoms with Crippen LogP contribution in [0.25, 0.3) is 0 Å². The smallest absolute Gasteiger partial charge is 0.298 e. The first-order valence-electron chi connectivity index (χ1n) is 3.32. The molecule has 0 heterocycles. The predicted molar refractivity (Wildman–Crippen MR) is 43.5 cm³/mol. The number of halogens is 3. The number of rotatable bonds is 3. The maximum atomic E-state index is 12.2. The minimum atomic E-state index is -4.54. The second kappa shape index (κ2) is 4.59. The lowest BCUT2D eigenvalue weighted by Gasteiger charge is -2.09. The number of aldehydes is 1. The Morgan fingerprint density at radius 2 is 2.00 bits per heavy atom. The second-order valence-corrected chi connectivity index (χ2v) is 2.08. The highest BCUT2D eigenvalue weighted by molar-refractivity contribution is 5.80. The molecule has 0 N–H and O–H groups in total. The lowest BCUT2D eigenvalue weighted by Crippen LogP contribution is -2.14. The molecule has 0 unspecified atom stereocenters. The molecule has 0 atom stereocenters. The number of carbonyl (C=O) groups is 1. The fourth-order valence-electron chi connectivity index (χ4n) is 0.756. The van der Waals surface area contributed by atoms with Gasteiger partial charge >= 0.3 is 6.18 Å². The molecule has 72 valence electrons. The lowest BCUT2D eigenvalue weighted by molar-refractivity contribution is -0.108. The van der Waals surface area contributed by atoms with Crippen molar-refractivity contribution in [1.29, 1.82) is 0 Å². The van der Waals surface area contributed by atoms with Crippen LogP contribution in [-0.4, -0.2) is 19.2 Å². The number of carbonyl (C=O) groups excluding carboxylic acids is 1. The highest BCUT2D eigenvalue weighted by Crippen LogP contribution is 2.30. The van der Waals surface area contributed by atoms with Gasteiger partial charge in [0.15, 0.2) is 6.29 Å². The Morgan fingerprint density at radius 3 is 2.23 bits per heavy atom. The Kier molecular flexibility index (Phi) is 4.10. The van der Waals surface area contributed by atoms with Gasteiger partial charge in [-0.2, -0.15) is 13.2 Å². The first-order chi connectivity index (χ1) is 5.97. The zero-order valence-corrected chi connectivity index (χ0v) is 6.93. The first kappa shape index (κ1) is 11.6. The van der Waals surface area contributed by atoms with Crippen molar-refractivity contribution in [2.75, 3.05) is 0 Å². The summed E-state index contributed by atoms with van der Waals surface area (Å²) in [6.45, 7) is 4.17. The van der Waals surface area contributed by atoms with Crippen LogP contribution in [0.2, 0.25) is 0 Å². The molecule has 0 spiro atoms. The molecule has 0 fully saturated rings. The molecular formula is C8H8F3NO. The Balaban J connectivity index is 5.10. The number of hydrogen-bond acceptors (Lipinski definition) is 2. The largest absolute Gasteiger partial charge is 0.416 e. The van der Waals surface area contributed by atoms with E-state index in [1.165, 1.54) is 6.92 Å². The molecule has 0 amide bonds. The molecule has 0 saturated heterocycles. The van der Waals surface area contributed by atoms with E-state index in [9.17, 15) is 18.0 Å². The van der Waals surface area contributed by atoms with Gasteiger partial charge in [0.05, 0.1) is 5.57 Å². The molecule has 0 aromatic rings. The third-order valence-electron chi connectivity index (χ3n) is 1.26. The maximum absolute atomic E-state index is 12.2. The summed E-state index contributed by atoms with van der Waals surface area (Å²) >= 11 is 0. The molecule has 0 aliphatic carbocycles. The second-order valence-electron chi connectivity index (χ2n) is 2.08. The van der Waals surface area contributed by atoms with Crippen LogP contribution < -0.4 is 0 Å². The van der Waals surface area contributed by atoms with Crippen molar-refractivity contribution in [2.24, 2.45) is 4.99 Å². The van der Waals surface area contributed by atoms with Gasteiger partial charge < -0.3 is 0 Å². The minimum absolute atomic E-state index is 0.0947. The van der Waals surface area contributed by atoms with Crippen LogP contribution >= 0.6 is 0 Å². The van der Waals surface area contributed by atoms with Crippen LogP contribution in [0.4, 0.5) is 13.2 Å². The maximum Gasteiger partial charge on any atom is 0.416 e. The fourth-order valence-corrected chi connectivity index (χ4v) is 0.756. The van der Waals surface area contributed by atoms with Crippen molar-refractivity contribution < 1.29 is 18.0 Å².